The summed E-state index contributed by atoms with van der Waals surface area (Å²) in [6.07, 6.45) is 6.77. The Morgan fingerprint density at radius 2 is 2.16 bits per heavy atom. The van der Waals surface area contributed by atoms with Crippen molar-refractivity contribution in [2.24, 2.45) is 4.99 Å². The number of amidine groups is 1. The van der Waals surface area contributed by atoms with Crippen LogP contribution in [0.4, 0.5) is 5.69 Å². The number of carbonyl (C=O) groups is 2. The Morgan fingerprint density at radius 3 is 2.88 bits per heavy atom. The van der Waals surface area contributed by atoms with E-state index in [0.717, 1.165) is 0 Å². The highest BCUT2D eigenvalue weighted by Gasteiger charge is 2.29. The van der Waals surface area contributed by atoms with Crippen LogP contribution in [-0.4, -0.2) is 34.1 Å². The van der Waals surface area contributed by atoms with Gasteiger partial charge in [-0.3, -0.25) is 9.69 Å². The van der Waals surface area contributed by atoms with E-state index < -0.39 is 5.97 Å². The van der Waals surface area contributed by atoms with Crippen LogP contribution in [0.15, 0.2) is 69.1 Å². The van der Waals surface area contributed by atoms with Gasteiger partial charge < -0.3 is 9.52 Å². The van der Waals surface area contributed by atoms with Gasteiger partial charge in [-0.25, -0.2) is 9.79 Å². The Morgan fingerprint density at radius 1 is 1.32 bits per heavy atom. The van der Waals surface area contributed by atoms with E-state index in [4.69, 9.17) is 9.52 Å². The van der Waals surface area contributed by atoms with Crippen molar-refractivity contribution in [1.29, 1.82) is 0 Å². The van der Waals surface area contributed by atoms with Crippen molar-refractivity contribution in [3.05, 3.63) is 71.0 Å². The molecule has 0 atom stereocenters. The summed E-state index contributed by atoms with van der Waals surface area (Å²) in [7, 11) is 1.63. The lowest BCUT2D eigenvalue weighted by molar-refractivity contribution is -0.121. The van der Waals surface area contributed by atoms with Crippen LogP contribution in [0.5, 0.6) is 0 Å². The highest BCUT2D eigenvalue weighted by molar-refractivity contribution is 8.18. The normalized spacial score (nSPS) is 18.0. The first kappa shape index (κ1) is 16.8. The Hall–Kier alpha value is -3.06. The second-order valence-electron chi connectivity index (χ2n) is 5.12. The van der Waals surface area contributed by atoms with E-state index in [1.165, 1.54) is 28.8 Å². The van der Waals surface area contributed by atoms with Crippen molar-refractivity contribution in [2.75, 3.05) is 7.05 Å². The molecule has 0 unspecified atom stereocenters. The number of aromatic carboxylic acids is 1. The van der Waals surface area contributed by atoms with Gasteiger partial charge in [-0.1, -0.05) is 12.1 Å². The topological polar surface area (TPSA) is 83.1 Å². The molecule has 126 valence electrons. The van der Waals surface area contributed by atoms with Gasteiger partial charge in [-0.15, -0.1) is 0 Å². The molecule has 2 heterocycles. The molecule has 2 aromatic rings. The first-order valence-electron chi connectivity index (χ1n) is 7.34. The molecule has 7 heteroatoms. The lowest BCUT2D eigenvalue weighted by atomic mass is 10.2. The van der Waals surface area contributed by atoms with Gasteiger partial charge in [0.1, 0.15) is 5.76 Å². The number of allylic oxidation sites excluding steroid dienone is 2. The minimum atomic E-state index is -1.02. The average molecular weight is 354 g/mol. The minimum Gasteiger partial charge on any atom is -0.478 e. The van der Waals surface area contributed by atoms with E-state index in [-0.39, 0.29) is 11.5 Å². The molecule has 1 saturated heterocycles. The van der Waals surface area contributed by atoms with Gasteiger partial charge in [-0.05, 0) is 54.2 Å². The maximum Gasteiger partial charge on any atom is 0.335 e. The predicted molar refractivity (Wildman–Crippen MR) is 96.7 cm³/mol. The second-order valence-corrected chi connectivity index (χ2v) is 6.13. The Kier molecular flexibility index (Phi) is 4.85. The van der Waals surface area contributed by atoms with E-state index in [2.05, 4.69) is 4.99 Å². The number of carbonyl (C=O) groups excluding carboxylic acids is 1. The molecule has 1 N–H and O–H groups in total. The molecule has 1 aliphatic heterocycles. The van der Waals surface area contributed by atoms with Gasteiger partial charge in [0.2, 0.25) is 0 Å². The van der Waals surface area contributed by atoms with E-state index in [1.54, 1.807) is 49.7 Å². The predicted octanol–water partition coefficient (Wildman–Crippen LogP) is 3.77. The lowest BCUT2D eigenvalue weighted by Crippen LogP contribution is -2.23. The van der Waals surface area contributed by atoms with Crippen molar-refractivity contribution in [2.45, 2.75) is 0 Å². The highest BCUT2D eigenvalue weighted by Crippen LogP contribution is 2.31. The first-order valence-corrected chi connectivity index (χ1v) is 8.16. The van der Waals surface area contributed by atoms with E-state index in [1.807, 2.05) is 6.07 Å². The fourth-order valence-corrected chi connectivity index (χ4v) is 3.04. The standard InChI is InChI=1S/C18H14N2O4S/c1-20-16(21)15(9-3-7-14-8-4-10-24-14)25-18(20)19-13-6-2-5-12(11-13)17(22)23/h2-11H,1H3,(H,22,23)/b7-3+,15-9+,19-18?. The van der Waals surface area contributed by atoms with E-state index >= 15 is 0 Å². The van der Waals surface area contributed by atoms with Gasteiger partial charge in [0.15, 0.2) is 5.17 Å². The van der Waals surface area contributed by atoms with Gasteiger partial charge in [0.25, 0.3) is 5.91 Å². The first-order chi connectivity index (χ1) is 12.0. The van der Waals surface area contributed by atoms with Crippen molar-refractivity contribution in [1.82, 2.24) is 4.90 Å². The number of carboxylic acids is 1. The zero-order chi connectivity index (χ0) is 17.8. The van der Waals surface area contributed by atoms with Gasteiger partial charge in [-0.2, -0.15) is 0 Å². The Labute approximate surface area is 148 Å². The maximum atomic E-state index is 12.3. The summed E-state index contributed by atoms with van der Waals surface area (Å²) in [6.45, 7) is 0. The quantitative estimate of drug-likeness (QED) is 0.845. The molecule has 25 heavy (non-hydrogen) atoms. The summed E-state index contributed by atoms with van der Waals surface area (Å²) >= 11 is 1.23. The molecule has 1 aliphatic rings. The smallest absolute Gasteiger partial charge is 0.335 e. The molecular formula is C18H14N2O4S. The number of furan rings is 1. The molecule has 1 fully saturated rings. The molecule has 1 aromatic carbocycles. The number of hydrogen-bond acceptors (Lipinski definition) is 5. The molecule has 0 spiro atoms. The van der Waals surface area contributed by atoms with Crippen LogP contribution in [0, 0.1) is 0 Å². The van der Waals surface area contributed by atoms with Crippen LogP contribution in [0.2, 0.25) is 0 Å². The van der Waals surface area contributed by atoms with Gasteiger partial charge >= 0.3 is 5.97 Å². The van der Waals surface area contributed by atoms with Gasteiger partial charge in [0, 0.05) is 7.05 Å². The summed E-state index contributed by atoms with van der Waals surface area (Å²) < 4.78 is 5.19. The number of likely N-dealkylation sites (N-methyl/N-ethyl adjacent to an activating group) is 1. The van der Waals surface area contributed by atoms with E-state index in [9.17, 15) is 9.59 Å². The van der Waals surface area contributed by atoms with Gasteiger partial charge in [0.05, 0.1) is 22.4 Å². The summed E-state index contributed by atoms with van der Waals surface area (Å²) in [5, 5.41) is 9.53. The zero-order valence-corrected chi connectivity index (χ0v) is 14.1. The molecule has 0 saturated carbocycles. The summed E-state index contributed by atoms with van der Waals surface area (Å²) in [5.41, 5.74) is 0.630. The molecule has 0 bridgehead atoms. The zero-order valence-electron chi connectivity index (χ0n) is 13.2. The average Bonchev–Trinajstić information content (AvgIpc) is 3.20. The maximum absolute atomic E-state index is 12.3. The van der Waals surface area contributed by atoms with Crippen LogP contribution >= 0.6 is 11.8 Å². The molecule has 1 aromatic heterocycles. The SMILES string of the molecule is CN1C(=O)/C(=C\C=C\c2ccco2)SC1=Nc1cccc(C(=O)O)c1. The molecule has 0 aliphatic carbocycles. The third-order valence-electron chi connectivity index (χ3n) is 3.37. The molecule has 1 amide bonds. The van der Waals surface area contributed by atoms with Crippen LogP contribution < -0.4 is 0 Å². The molecular weight excluding hydrogens is 340 g/mol. The van der Waals surface area contributed by atoms with Crippen LogP contribution in [0.1, 0.15) is 16.1 Å². The summed E-state index contributed by atoms with van der Waals surface area (Å²) in [4.78, 5) is 29.7. The van der Waals surface area contributed by atoms with Crippen LogP contribution in [0.3, 0.4) is 0 Å². The molecule has 3 rings (SSSR count). The molecule has 0 radical (unpaired) electrons. The summed E-state index contributed by atoms with van der Waals surface area (Å²) in [6, 6.07) is 9.86. The minimum absolute atomic E-state index is 0.149. The van der Waals surface area contributed by atoms with Crippen LogP contribution in [-0.2, 0) is 4.79 Å². The number of thioether (sulfide) groups is 1. The van der Waals surface area contributed by atoms with Crippen LogP contribution in [0.25, 0.3) is 6.08 Å². The fraction of sp³-hybridized carbons (Fsp3) is 0.0556. The Balaban J connectivity index is 1.81. The monoisotopic (exact) mass is 354 g/mol. The third-order valence-corrected chi connectivity index (χ3v) is 4.45. The van der Waals surface area contributed by atoms with Crippen molar-refractivity contribution < 1.29 is 19.1 Å². The largest absolute Gasteiger partial charge is 0.478 e. The lowest BCUT2D eigenvalue weighted by Gasteiger charge is -2.07. The number of carboxylic acid groups (broad SMARTS) is 1. The van der Waals surface area contributed by atoms with E-state index in [0.29, 0.717) is 21.5 Å². The number of aliphatic imine (C=N–C) groups is 1. The Bertz CT molecular complexity index is 898. The molecule has 6 nitrogen and oxygen atoms in total. The highest BCUT2D eigenvalue weighted by atomic mass is 32.2. The fourth-order valence-electron chi connectivity index (χ4n) is 2.10. The van der Waals surface area contributed by atoms with Crippen molar-refractivity contribution in [3.8, 4) is 0 Å². The van der Waals surface area contributed by atoms with Crippen molar-refractivity contribution in [3.63, 3.8) is 0 Å². The summed E-state index contributed by atoms with van der Waals surface area (Å²) in [5.74, 6) is -0.489. The van der Waals surface area contributed by atoms with Crippen molar-refractivity contribution >= 4 is 40.6 Å². The second kappa shape index (κ2) is 7.23. The number of hydrogen-bond donors (Lipinski definition) is 1. The number of benzene rings is 1. The third kappa shape index (κ3) is 3.89. The number of nitrogens with zero attached hydrogens (tertiary/aromatic N) is 2. The number of rotatable bonds is 4. The number of amides is 1.